The van der Waals surface area contributed by atoms with E-state index in [2.05, 4.69) is 0 Å². The second-order valence-corrected chi connectivity index (χ2v) is 6.76. The van der Waals surface area contributed by atoms with Crippen LogP contribution in [0.3, 0.4) is 0 Å². The van der Waals surface area contributed by atoms with Crippen molar-refractivity contribution in [3.63, 3.8) is 0 Å². The predicted octanol–water partition coefficient (Wildman–Crippen LogP) is 3.73. The van der Waals surface area contributed by atoms with Gasteiger partial charge in [-0.3, -0.25) is 9.59 Å². The van der Waals surface area contributed by atoms with Gasteiger partial charge in [0.1, 0.15) is 5.69 Å². The van der Waals surface area contributed by atoms with Crippen LogP contribution in [0, 0.1) is 6.92 Å². The quantitative estimate of drug-likeness (QED) is 0.831. The zero-order valence-corrected chi connectivity index (χ0v) is 14.8. The minimum Gasteiger partial charge on any atom is -0.338 e. The average Bonchev–Trinajstić information content (AvgIpc) is 3.03. The zero-order valence-electron chi connectivity index (χ0n) is 14.8. The summed E-state index contributed by atoms with van der Waals surface area (Å²) in [6, 6.07) is 5.24. The summed E-state index contributed by atoms with van der Waals surface area (Å²) in [5.74, 6) is -0.0535. The standard InChI is InChI=1S/C19H21F3N2O2/c1-3-18(26)23-8-4-5-13(23)11-24-15-7-6-12(2)9-14(15)16(25)10-17(24)19(20,21)22/h6-7,9-10,13H,3-5,8,11H2,1-2H3. The number of halogens is 3. The molecule has 0 radical (unpaired) electrons. The number of benzene rings is 1. The van der Waals surface area contributed by atoms with Crippen LogP contribution in [-0.4, -0.2) is 28.0 Å². The molecule has 1 unspecified atom stereocenters. The summed E-state index contributed by atoms with van der Waals surface area (Å²) in [5.41, 5.74) is -0.536. The molecule has 1 aliphatic rings. The fourth-order valence-corrected chi connectivity index (χ4v) is 3.69. The van der Waals surface area contributed by atoms with Crippen LogP contribution in [0.1, 0.15) is 37.4 Å². The fourth-order valence-electron chi connectivity index (χ4n) is 3.69. The molecule has 3 rings (SSSR count). The van der Waals surface area contributed by atoms with Crippen LogP contribution in [0.25, 0.3) is 10.9 Å². The summed E-state index contributed by atoms with van der Waals surface area (Å²) in [6.07, 6.45) is -2.89. The fraction of sp³-hybridized carbons (Fsp3) is 0.474. The molecule has 4 nitrogen and oxygen atoms in total. The monoisotopic (exact) mass is 366 g/mol. The van der Waals surface area contributed by atoms with E-state index in [0.29, 0.717) is 25.5 Å². The number of aryl methyl sites for hydroxylation is 1. The van der Waals surface area contributed by atoms with E-state index >= 15 is 0 Å². The van der Waals surface area contributed by atoms with Gasteiger partial charge in [0.25, 0.3) is 0 Å². The second kappa shape index (κ2) is 6.78. The Balaban J connectivity index is 2.15. The SMILES string of the molecule is CCC(=O)N1CCCC1Cn1c(C(F)(F)F)cc(=O)c2cc(C)ccc21. The Morgan fingerprint density at radius 1 is 1.27 bits per heavy atom. The normalized spacial score (nSPS) is 17.9. The van der Waals surface area contributed by atoms with Gasteiger partial charge in [-0.15, -0.1) is 0 Å². The molecular formula is C19H21F3N2O2. The number of carbonyl (C=O) groups is 1. The van der Waals surface area contributed by atoms with Gasteiger partial charge in [-0.05, 0) is 31.9 Å². The molecule has 1 saturated heterocycles. The Hall–Kier alpha value is -2.31. The van der Waals surface area contributed by atoms with E-state index < -0.39 is 17.3 Å². The molecule has 1 aliphatic heterocycles. The van der Waals surface area contributed by atoms with Crippen molar-refractivity contribution in [3.05, 3.63) is 45.7 Å². The molecule has 1 amide bonds. The summed E-state index contributed by atoms with van der Waals surface area (Å²) in [7, 11) is 0. The van der Waals surface area contributed by atoms with Gasteiger partial charge in [0.15, 0.2) is 5.43 Å². The van der Waals surface area contributed by atoms with Gasteiger partial charge in [0.05, 0.1) is 5.52 Å². The maximum Gasteiger partial charge on any atom is 0.431 e. The molecule has 140 valence electrons. The van der Waals surface area contributed by atoms with Crippen molar-refractivity contribution in [3.8, 4) is 0 Å². The van der Waals surface area contributed by atoms with Crippen molar-refractivity contribution >= 4 is 16.8 Å². The lowest BCUT2D eigenvalue weighted by molar-refractivity contribution is -0.144. The van der Waals surface area contributed by atoms with Gasteiger partial charge in [-0.1, -0.05) is 18.6 Å². The molecule has 1 fully saturated rings. The van der Waals surface area contributed by atoms with Crippen LogP contribution in [0.4, 0.5) is 13.2 Å². The Morgan fingerprint density at radius 3 is 2.65 bits per heavy atom. The number of pyridine rings is 1. The van der Waals surface area contributed by atoms with Crippen LogP contribution in [-0.2, 0) is 17.5 Å². The lowest BCUT2D eigenvalue weighted by Crippen LogP contribution is -2.38. The number of hydrogen-bond donors (Lipinski definition) is 0. The molecule has 1 atom stereocenters. The molecule has 0 N–H and O–H groups in total. The molecule has 26 heavy (non-hydrogen) atoms. The topological polar surface area (TPSA) is 42.3 Å². The Morgan fingerprint density at radius 2 is 2.00 bits per heavy atom. The lowest BCUT2D eigenvalue weighted by atomic mass is 10.1. The third-order valence-electron chi connectivity index (χ3n) is 4.95. The number of alkyl halides is 3. The first-order valence-electron chi connectivity index (χ1n) is 8.73. The number of carbonyl (C=O) groups excluding carboxylic acids is 1. The van der Waals surface area contributed by atoms with Crippen LogP contribution in [0.15, 0.2) is 29.1 Å². The molecule has 7 heteroatoms. The Kier molecular flexibility index (Phi) is 4.82. The molecule has 0 aliphatic carbocycles. The first-order chi connectivity index (χ1) is 12.2. The lowest BCUT2D eigenvalue weighted by Gasteiger charge is -2.28. The van der Waals surface area contributed by atoms with Crippen molar-refractivity contribution in [2.45, 2.75) is 51.9 Å². The van der Waals surface area contributed by atoms with Crippen LogP contribution in [0.2, 0.25) is 0 Å². The third-order valence-corrected chi connectivity index (χ3v) is 4.95. The number of amides is 1. The number of nitrogens with zero attached hydrogens (tertiary/aromatic N) is 2. The van der Waals surface area contributed by atoms with Crippen LogP contribution in [0.5, 0.6) is 0 Å². The largest absolute Gasteiger partial charge is 0.431 e. The van der Waals surface area contributed by atoms with Crippen molar-refractivity contribution in [1.82, 2.24) is 9.47 Å². The van der Waals surface area contributed by atoms with E-state index in [1.54, 1.807) is 36.9 Å². The Bertz CT molecular complexity index is 902. The van der Waals surface area contributed by atoms with Crippen molar-refractivity contribution in [2.24, 2.45) is 0 Å². The second-order valence-electron chi connectivity index (χ2n) is 6.76. The van der Waals surface area contributed by atoms with Gasteiger partial charge in [0.2, 0.25) is 5.91 Å². The molecule has 0 saturated carbocycles. The van der Waals surface area contributed by atoms with Gasteiger partial charge in [-0.2, -0.15) is 13.2 Å². The van der Waals surface area contributed by atoms with Crippen molar-refractivity contribution < 1.29 is 18.0 Å². The molecule has 2 heterocycles. The molecule has 1 aromatic carbocycles. The number of aromatic nitrogens is 1. The maximum atomic E-state index is 13.6. The maximum absolute atomic E-state index is 13.6. The van der Waals surface area contributed by atoms with Gasteiger partial charge >= 0.3 is 6.18 Å². The number of fused-ring (bicyclic) bond motifs is 1. The van der Waals surface area contributed by atoms with Gasteiger partial charge in [-0.25, -0.2) is 0 Å². The summed E-state index contributed by atoms with van der Waals surface area (Å²) in [5, 5.41) is 0.268. The number of rotatable bonds is 3. The minimum atomic E-state index is -4.64. The van der Waals surface area contributed by atoms with E-state index in [9.17, 15) is 22.8 Å². The molecule has 0 bridgehead atoms. The highest BCUT2D eigenvalue weighted by Crippen LogP contribution is 2.32. The zero-order chi connectivity index (χ0) is 19.1. The van der Waals surface area contributed by atoms with E-state index in [1.807, 2.05) is 0 Å². The first-order valence-corrected chi connectivity index (χ1v) is 8.73. The highest BCUT2D eigenvalue weighted by atomic mass is 19.4. The van der Waals surface area contributed by atoms with E-state index in [4.69, 9.17) is 0 Å². The average molecular weight is 366 g/mol. The third kappa shape index (κ3) is 3.34. The summed E-state index contributed by atoms with van der Waals surface area (Å²) in [4.78, 5) is 26.0. The van der Waals surface area contributed by atoms with Crippen molar-refractivity contribution in [2.75, 3.05) is 6.54 Å². The summed E-state index contributed by atoms with van der Waals surface area (Å²) >= 11 is 0. The first kappa shape index (κ1) is 18.5. The predicted molar refractivity (Wildman–Crippen MR) is 93.0 cm³/mol. The molecule has 1 aromatic heterocycles. The number of likely N-dealkylation sites (tertiary alicyclic amines) is 1. The summed E-state index contributed by atoms with van der Waals surface area (Å²) < 4.78 is 41.9. The van der Waals surface area contributed by atoms with E-state index in [-0.39, 0.29) is 29.4 Å². The van der Waals surface area contributed by atoms with Crippen LogP contribution >= 0.6 is 0 Å². The van der Waals surface area contributed by atoms with Crippen molar-refractivity contribution in [1.29, 1.82) is 0 Å². The van der Waals surface area contributed by atoms with Crippen LogP contribution < -0.4 is 5.43 Å². The molecular weight excluding hydrogens is 345 g/mol. The minimum absolute atomic E-state index is 0.0282. The smallest absolute Gasteiger partial charge is 0.338 e. The van der Waals surface area contributed by atoms with Gasteiger partial charge < -0.3 is 9.47 Å². The number of hydrogen-bond acceptors (Lipinski definition) is 2. The Labute approximate surface area is 149 Å². The highest BCUT2D eigenvalue weighted by Gasteiger charge is 2.37. The molecule has 0 spiro atoms. The highest BCUT2D eigenvalue weighted by molar-refractivity contribution is 5.80. The van der Waals surface area contributed by atoms with E-state index in [1.165, 1.54) is 0 Å². The molecule has 2 aromatic rings. The van der Waals surface area contributed by atoms with E-state index in [0.717, 1.165) is 16.6 Å². The van der Waals surface area contributed by atoms with Gasteiger partial charge in [0, 0.05) is 37.0 Å². The summed E-state index contributed by atoms with van der Waals surface area (Å²) in [6.45, 7) is 4.13.